The van der Waals surface area contributed by atoms with Gasteiger partial charge in [-0.3, -0.25) is 14.9 Å². The Morgan fingerprint density at radius 1 is 1.52 bits per heavy atom. The Hall–Kier alpha value is -2.39. The highest BCUT2D eigenvalue weighted by molar-refractivity contribution is 5.87. The number of carbonyl (C=O) groups excluding carboxylic acids is 1. The molecule has 0 spiro atoms. The zero-order valence-electron chi connectivity index (χ0n) is 10.6. The second-order valence-corrected chi connectivity index (χ2v) is 4.49. The van der Waals surface area contributed by atoms with Crippen molar-refractivity contribution in [3.63, 3.8) is 0 Å². The monoisotopic (exact) mass is 304 g/mol. The van der Waals surface area contributed by atoms with Crippen molar-refractivity contribution < 1.29 is 22.9 Å². The molecule has 1 aliphatic heterocycles. The average molecular weight is 304 g/mol. The van der Waals surface area contributed by atoms with Crippen molar-refractivity contribution in [1.82, 2.24) is 9.88 Å². The van der Waals surface area contributed by atoms with E-state index >= 15 is 0 Å². The molecule has 0 saturated carbocycles. The van der Waals surface area contributed by atoms with E-state index in [9.17, 15) is 28.1 Å². The molecule has 1 aromatic rings. The number of hydrogen-bond acceptors (Lipinski definition) is 5. The lowest BCUT2D eigenvalue weighted by Crippen LogP contribution is -2.39. The standard InChI is InChI=1S/C11H11F3N4O3/c12-11(13,14)6-17-5-3-7(10(17)19)16-9-8(18(20)21)2-1-4-15-9/h1-2,4,7H,3,5-6H2,(H,15,16). The minimum atomic E-state index is -4.47. The minimum absolute atomic E-state index is 0.0589. The summed E-state index contributed by atoms with van der Waals surface area (Å²) >= 11 is 0. The molecule has 1 fully saturated rings. The van der Waals surface area contributed by atoms with E-state index in [4.69, 9.17) is 0 Å². The van der Waals surface area contributed by atoms with Crippen LogP contribution in [0.1, 0.15) is 6.42 Å². The Morgan fingerprint density at radius 2 is 2.24 bits per heavy atom. The van der Waals surface area contributed by atoms with E-state index in [1.807, 2.05) is 0 Å². The molecule has 1 saturated heterocycles. The fourth-order valence-corrected chi connectivity index (χ4v) is 2.07. The van der Waals surface area contributed by atoms with Gasteiger partial charge < -0.3 is 10.2 Å². The van der Waals surface area contributed by atoms with Gasteiger partial charge in [0.15, 0.2) is 0 Å². The summed E-state index contributed by atoms with van der Waals surface area (Å²) in [7, 11) is 0. The summed E-state index contributed by atoms with van der Waals surface area (Å²) in [5.74, 6) is -0.873. The van der Waals surface area contributed by atoms with Crippen LogP contribution in [0.5, 0.6) is 0 Å². The number of rotatable bonds is 4. The average Bonchev–Trinajstić information content (AvgIpc) is 2.70. The van der Waals surface area contributed by atoms with Crippen molar-refractivity contribution in [3.8, 4) is 0 Å². The van der Waals surface area contributed by atoms with Crippen LogP contribution in [0.4, 0.5) is 24.7 Å². The molecule has 1 unspecified atom stereocenters. The van der Waals surface area contributed by atoms with Gasteiger partial charge in [-0.2, -0.15) is 13.2 Å². The summed E-state index contributed by atoms with van der Waals surface area (Å²) in [5, 5.41) is 13.4. The number of pyridine rings is 1. The number of nitro groups is 1. The quantitative estimate of drug-likeness (QED) is 0.673. The lowest BCUT2D eigenvalue weighted by molar-refractivity contribution is -0.384. The van der Waals surface area contributed by atoms with Crippen molar-refractivity contribution in [2.45, 2.75) is 18.6 Å². The Morgan fingerprint density at radius 3 is 2.86 bits per heavy atom. The maximum absolute atomic E-state index is 12.3. The smallest absolute Gasteiger partial charge is 0.353 e. The van der Waals surface area contributed by atoms with E-state index in [0.29, 0.717) is 4.90 Å². The summed E-state index contributed by atoms with van der Waals surface area (Å²) in [4.78, 5) is 26.4. The van der Waals surface area contributed by atoms with Crippen LogP contribution in [0.15, 0.2) is 18.3 Å². The highest BCUT2D eigenvalue weighted by Crippen LogP contribution is 2.25. The zero-order valence-corrected chi connectivity index (χ0v) is 10.6. The van der Waals surface area contributed by atoms with Crippen LogP contribution in [0.3, 0.4) is 0 Å². The normalized spacial score (nSPS) is 18.9. The maximum atomic E-state index is 12.3. The molecular weight excluding hydrogens is 293 g/mol. The largest absolute Gasteiger partial charge is 0.406 e. The van der Waals surface area contributed by atoms with Gasteiger partial charge in [-0.25, -0.2) is 4.98 Å². The summed E-state index contributed by atoms with van der Waals surface area (Å²) in [6, 6.07) is 1.61. The van der Waals surface area contributed by atoms with E-state index in [1.165, 1.54) is 18.3 Å². The fraction of sp³-hybridized carbons (Fsp3) is 0.455. The van der Waals surface area contributed by atoms with Crippen LogP contribution in [-0.4, -0.2) is 46.0 Å². The molecule has 1 aliphatic rings. The first kappa shape index (κ1) is 15.0. The molecule has 1 amide bonds. The Bertz CT molecular complexity index is 564. The number of alkyl halides is 3. The molecule has 0 aliphatic carbocycles. The maximum Gasteiger partial charge on any atom is 0.406 e. The van der Waals surface area contributed by atoms with Gasteiger partial charge in [0.25, 0.3) is 0 Å². The summed E-state index contributed by atoms with van der Waals surface area (Å²) in [6.07, 6.45) is -3.05. The number of nitrogens with zero attached hydrogens (tertiary/aromatic N) is 3. The van der Waals surface area contributed by atoms with Crippen LogP contribution >= 0.6 is 0 Å². The van der Waals surface area contributed by atoms with Gasteiger partial charge in [0.1, 0.15) is 12.6 Å². The number of hydrogen-bond donors (Lipinski definition) is 1. The van der Waals surface area contributed by atoms with Gasteiger partial charge in [0, 0.05) is 18.8 Å². The van der Waals surface area contributed by atoms with Crippen LogP contribution in [0.2, 0.25) is 0 Å². The van der Waals surface area contributed by atoms with E-state index in [1.54, 1.807) is 0 Å². The first-order valence-electron chi connectivity index (χ1n) is 5.99. The number of amides is 1. The van der Waals surface area contributed by atoms with Crippen LogP contribution in [0.25, 0.3) is 0 Å². The van der Waals surface area contributed by atoms with Crippen molar-refractivity contribution in [2.75, 3.05) is 18.4 Å². The van der Waals surface area contributed by atoms with Gasteiger partial charge in [-0.15, -0.1) is 0 Å². The number of halogens is 3. The molecular formula is C11H11F3N4O3. The molecule has 0 radical (unpaired) electrons. The summed E-state index contributed by atoms with van der Waals surface area (Å²) in [5.41, 5.74) is -0.334. The topological polar surface area (TPSA) is 88.4 Å². The van der Waals surface area contributed by atoms with Crippen molar-refractivity contribution in [1.29, 1.82) is 0 Å². The number of nitrogens with one attached hydrogen (secondary N) is 1. The summed E-state index contributed by atoms with van der Waals surface area (Å²) in [6.45, 7) is -1.38. The van der Waals surface area contributed by atoms with Crippen molar-refractivity contribution in [2.24, 2.45) is 0 Å². The van der Waals surface area contributed by atoms with Crippen LogP contribution < -0.4 is 5.32 Å². The lowest BCUT2D eigenvalue weighted by atomic mass is 10.2. The van der Waals surface area contributed by atoms with E-state index < -0.39 is 29.6 Å². The van der Waals surface area contributed by atoms with Crippen LogP contribution in [-0.2, 0) is 4.79 Å². The van der Waals surface area contributed by atoms with Gasteiger partial charge >= 0.3 is 11.9 Å². The lowest BCUT2D eigenvalue weighted by Gasteiger charge is -2.18. The molecule has 0 bridgehead atoms. The van der Waals surface area contributed by atoms with Gasteiger partial charge in [-0.1, -0.05) is 0 Å². The predicted molar refractivity (Wildman–Crippen MR) is 65.6 cm³/mol. The number of carbonyl (C=O) groups is 1. The molecule has 1 N–H and O–H groups in total. The molecule has 10 heteroatoms. The highest BCUT2D eigenvalue weighted by atomic mass is 19.4. The Balaban J connectivity index is 2.09. The third-order valence-corrected chi connectivity index (χ3v) is 2.96. The number of likely N-dealkylation sites (tertiary alicyclic amines) is 1. The molecule has 1 aromatic heterocycles. The second-order valence-electron chi connectivity index (χ2n) is 4.49. The van der Waals surface area contributed by atoms with Crippen molar-refractivity contribution in [3.05, 3.63) is 28.4 Å². The molecule has 2 heterocycles. The molecule has 7 nitrogen and oxygen atoms in total. The fourth-order valence-electron chi connectivity index (χ4n) is 2.07. The van der Waals surface area contributed by atoms with Gasteiger partial charge in [-0.05, 0) is 12.5 Å². The molecule has 21 heavy (non-hydrogen) atoms. The number of anilines is 1. The predicted octanol–water partition coefficient (Wildman–Crippen LogP) is 1.56. The van der Waals surface area contributed by atoms with E-state index in [0.717, 1.165) is 0 Å². The molecule has 2 rings (SSSR count). The third-order valence-electron chi connectivity index (χ3n) is 2.96. The van der Waals surface area contributed by atoms with Gasteiger partial charge in [0.2, 0.25) is 11.7 Å². The molecule has 0 aromatic carbocycles. The Kier molecular flexibility index (Phi) is 3.96. The van der Waals surface area contributed by atoms with Gasteiger partial charge in [0.05, 0.1) is 4.92 Å². The third kappa shape index (κ3) is 3.58. The minimum Gasteiger partial charge on any atom is -0.353 e. The second kappa shape index (κ2) is 5.54. The number of aromatic nitrogens is 1. The van der Waals surface area contributed by atoms with Crippen LogP contribution in [0, 0.1) is 10.1 Å². The first-order chi connectivity index (χ1) is 9.78. The Labute approximate surface area is 116 Å². The summed E-state index contributed by atoms with van der Waals surface area (Å²) < 4.78 is 36.9. The zero-order chi connectivity index (χ0) is 15.6. The van der Waals surface area contributed by atoms with E-state index in [-0.39, 0.29) is 24.5 Å². The first-order valence-corrected chi connectivity index (χ1v) is 5.99. The van der Waals surface area contributed by atoms with Crippen molar-refractivity contribution >= 4 is 17.4 Å². The SMILES string of the molecule is O=C1C(Nc2ncccc2[N+](=O)[O-])CCN1CC(F)(F)F. The molecule has 114 valence electrons. The highest BCUT2D eigenvalue weighted by Gasteiger charge is 2.39. The van der Waals surface area contributed by atoms with E-state index in [2.05, 4.69) is 10.3 Å². The molecule has 1 atom stereocenters.